The van der Waals surface area contributed by atoms with E-state index in [4.69, 9.17) is 0 Å². The summed E-state index contributed by atoms with van der Waals surface area (Å²) >= 11 is 0. The van der Waals surface area contributed by atoms with Gasteiger partial charge in [-0.2, -0.15) is 0 Å². The molecule has 2 rings (SSSR count). The number of rotatable bonds is 2. The van der Waals surface area contributed by atoms with E-state index in [2.05, 4.69) is 0 Å². The van der Waals surface area contributed by atoms with Crippen LogP contribution in [0.4, 0.5) is 8.78 Å². The van der Waals surface area contributed by atoms with E-state index in [-0.39, 0.29) is 11.6 Å². The molecule has 92 valence electrons. The maximum absolute atomic E-state index is 13.5. The van der Waals surface area contributed by atoms with E-state index >= 15 is 0 Å². The summed E-state index contributed by atoms with van der Waals surface area (Å²) in [7, 11) is 0. The van der Waals surface area contributed by atoms with Crippen molar-refractivity contribution in [2.75, 3.05) is 6.54 Å². The molecule has 1 aliphatic rings. The molecule has 1 saturated heterocycles. The van der Waals surface area contributed by atoms with E-state index in [0.717, 1.165) is 25.3 Å². The summed E-state index contributed by atoms with van der Waals surface area (Å²) in [6, 6.07) is 3.88. The number of benzene rings is 1. The van der Waals surface area contributed by atoms with Crippen molar-refractivity contribution in [2.45, 2.75) is 32.2 Å². The second-order valence-electron chi connectivity index (χ2n) is 4.30. The van der Waals surface area contributed by atoms with Gasteiger partial charge in [0.25, 0.3) is 5.91 Å². The Morgan fingerprint density at radius 3 is 2.94 bits per heavy atom. The van der Waals surface area contributed by atoms with Crippen LogP contribution >= 0.6 is 0 Å². The summed E-state index contributed by atoms with van der Waals surface area (Å²) in [4.78, 5) is 13.8. The Balaban J connectivity index is 2.28. The van der Waals surface area contributed by atoms with Gasteiger partial charge in [0, 0.05) is 12.6 Å². The molecule has 1 fully saturated rings. The first-order valence-electron chi connectivity index (χ1n) is 5.90. The topological polar surface area (TPSA) is 20.3 Å². The number of amides is 1. The summed E-state index contributed by atoms with van der Waals surface area (Å²) in [5, 5.41) is 0. The van der Waals surface area contributed by atoms with Crippen molar-refractivity contribution in [1.29, 1.82) is 0 Å². The maximum atomic E-state index is 13.5. The number of hydrogen-bond donors (Lipinski definition) is 0. The number of likely N-dealkylation sites (tertiary alicyclic amines) is 1. The van der Waals surface area contributed by atoms with Gasteiger partial charge in [-0.1, -0.05) is 13.0 Å². The molecule has 1 aromatic carbocycles. The quantitative estimate of drug-likeness (QED) is 0.777. The van der Waals surface area contributed by atoms with Gasteiger partial charge in [-0.25, -0.2) is 8.78 Å². The van der Waals surface area contributed by atoms with Gasteiger partial charge in [0.15, 0.2) is 11.6 Å². The summed E-state index contributed by atoms with van der Waals surface area (Å²) in [5.74, 6) is -2.41. The van der Waals surface area contributed by atoms with Gasteiger partial charge in [0.2, 0.25) is 0 Å². The minimum atomic E-state index is -1.04. The number of nitrogens with zero attached hydrogens (tertiary/aromatic N) is 1. The lowest BCUT2D eigenvalue weighted by atomic mass is 10.1. The zero-order chi connectivity index (χ0) is 12.4. The third-order valence-corrected chi connectivity index (χ3v) is 3.29. The van der Waals surface area contributed by atoms with Crippen LogP contribution in [0.3, 0.4) is 0 Å². The molecule has 0 spiro atoms. The maximum Gasteiger partial charge on any atom is 0.257 e. The lowest BCUT2D eigenvalue weighted by molar-refractivity contribution is 0.0728. The largest absolute Gasteiger partial charge is 0.336 e. The predicted octanol–water partition coefficient (Wildman–Crippen LogP) is 2.98. The van der Waals surface area contributed by atoms with Crippen LogP contribution in [0, 0.1) is 11.6 Å². The van der Waals surface area contributed by atoms with Crippen molar-refractivity contribution >= 4 is 5.91 Å². The number of hydrogen-bond acceptors (Lipinski definition) is 1. The van der Waals surface area contributed by atoms with Crippen LogP contribution in [0.2, 0.25) is 0 Å². The van der Waals surface area contributed by atoms with Crippen molar-refractivity contribution in [3.8, 4) is 0 Å². The van der Waals surface area contributed by atoms with Gasteiger partial charge < -0.3 is 4.90 Å². The van der Waals surface area contributed by atoms with Gasteiger partial charge in [0.1, 0.15) is 0 Å². The molecule has 1 aliphatic heterocycles. The average molecular weight is 239 g/mol. The lowest BCUT2D eigenvalue weighted by Crippen LogP contribution is -2.35. The second kappa shape index (κ2) is 4.82. The van der Waals surface area contributed by atoms with Gasteiger partial charge in [-0.15, -0.1) is 0 Å². The monoisotopic (exact) mass is 239 g/mol. The van der Waals surface area contributed by atoms with E-state index < -0.39 is 17.5 Å². The number of carbonyl (C=O) groups excluding carboxylic acids is 1. The smallest absolute Gasteiger partial charge is 0.257 e. The van der Waals surface area contributed by atoms with Crippen LogP contribution in [0.5, 0.6) is 0 Å². The molecule has 1 unspecified atom stereocenters. The van der Waals surface area contributed by atoms with E-state index in [9.17, 15) is 13.6 Å². The standard InChI is InChI=1S/C13H15F2NO/c1-2-9-5-4-8-16(9)13(17)10-6-3-7-11(14)12(10)15/h3,6-7,9H,2,4-5,8H2,1H3. The van der Waals surface area contributed by atoms with Gasteiger partial charge in [-0.3, -0.25) is 4.79 Å². The molecular weight excluding hydrogens is 224 g/mol. The highest BCUT2D eigenvalue weighted by Crippen LogP contribution is 2.23. The van der Waals surface area contributed by atoms with Crippen molar-refractivity contribution in [1.82, 2.24) is 4.90 Å². The molecule has 1 heterocycles. The Kier molecular flexibility index (Phi) is 3.41. The van der Waals surface area contributed by atoms with E-state index in [1.165, 1.54) is 12.1 Å². The zero-order valence-corrected chi connectivity index (χ0v) is 9.75. The van der Waals surface area contributed by atoms with Gasteiger partial charge in [0.05, 0.1) is 5.56 Å². The van der Waals surface area contributed by atoms with Crippen LogP contribution in [0.1, 0.15) is 36.5 Å². The lowest BCUT2D eigenvalue weighted by Gasteiger charge is -2.23. The normalized spacial score (nSPS) is 19.7. The number of carbonyl (C=O) groups is 1. The minimum Gasteiger partial charge on any atom is -0.336 e. The van der Waals surface area contributed by atoms with Crippen molar-refractivity contribution in [2.24, 2.45) is 0 Å². The van der Waals surface area contributed by atoms with Crippen molar-refractivity contribution < 1.29 is 13.6 Å². The fourth-order valence-corrected chi connectivity index (χ4v) is 2.35. The molecule has 0 aliphatic carbocycles. The Morgan fingerprint density at radius 1 is 1.47 bits per heavy atom. The third kappa shape index (κ3) is 2.16. The molecule has 17 heavy (non-hydrogen) atoms. The van der Waals surface area contributed by atoms with Crippen LogP contribution in [-0.2, 0) is 0 Å². The first-order chi connectivity index (χ1) is 8.15. The summed E-state index contributed by atoms with van der Waals surface area (Å²) in [6.45, 7) is 2.63. The molecule has 0 saturated carbocycles. The highest BCUT2D eigenvalue weighted by atomic mass is 19.2. The molecule has 0 aromatic heterocycles. The van der Waals surface area contributed by atoms with Crippen LogP contribution in [0.25, 0.3) is 0 Å². The molecule has 0 N–H and O–H groups in total. The molecular formula is C13H15F2NO. The Hall–Kier alpha value is -1.45. The van der Waals surface area contributed by atoms with E-state index in [0.29, 0.717) is 6.54 Å². The Labute approximate surface area is 99.2 Å². The SMILES string of the molecule is CCC1CCCN1C(=O)c1cccc(F)c1F. The van der Waals surface area contributed by atoms with Crippen molar-refractivity contribution in [3.05, 3.63) is 35.4 Å². The van der Waals surface area contributed by atoms with E-state index in [1.54, 1.807) is 4.90 Å². The fourth-order valence-electron chi connectivity index (χ4n) is 2.35. The van der Waals surface area contributed by atoms with Crippen LogP contribution in [-0.4, -0.2) is 23.4 Å². The zero-order valence-electron chi connectivity index (χ0n) is 9.75. The second-order valence-corrected chi connectivity index (χ2v) is 4.30. The van der Waals surface area contributed by atoms with Gasteiger partial charge in [-0.05, 0) is 31.4 Å². The molecule has 1 aromatic rings. The molecule has 1 amide bonds. The third-order valence-electron chi connectivity index (χ3n) is 3.29. The molecule has 0 bridgehead atoms. The minimum absolute atomic E-state index is 0.158. The van der Waals surface area contributed by atoms with E-state index in [1.807, 2.05) is 6.92 Å². The first-order valence-corrected chi connectivity index (χ1v) is 5.90. The Bertz CT molecular complexity index is 433. The average Bonchev–Trinajstić information content (AvgIpc) is 2.80. The fraction of sp³-hybridized carbons (Fsp3) is 0.462. The van der Waals surface area contributed by atoms with Gasteiger partial charge >= 0.3 is 0 Å². The summed E-state index contributed by atoms with van der Waals surface area (Å²) in [6.07, 6.45) is 2.73. The Morgan fingerprint density at radius 2 is 2.24 bits per heavy atom. The summed E-state index contributed by atoms with van der Waals surface area (Å²) < 4.78 is 26.6. The molecule has 0 radical (unpaired) electrons. The first kappa shape index (κ1) is 12.0. The van der Waals surface area contributed by atoms with Crippen LogP contribution < -0.4 is 0 Å². The predicted molar refractivity (Wildman–Crippen MR) is 60.7 cm³/mol. The number of halogens is 2. The van der Waals surface area contributed by atoms with Crippen LogP contribution in [0.15, 0.2) is 18.2 Å². The summed E-state index contributed by atoms with van der Waals surface area (Å²) in [5.41, 5.74) is -0.162. The van der Waals surface area contributed by atoms with Crippen molar-refractivity contribution in [3.63, 3.8) is 0 Å². The molecule has 2 nitrogen and oxygen atoms in total. The molecule has 1 atom stereocenters. The highest BCUT2D eigenvalue weighted by Gasteiger charge is 2.29. The molecule has 4 heteroatoms. The highest BCUT2D eigenvalue weighted by molar-refractivity contribution is 5.94.